The smallest absolute Gasteiger partial charge is 0.312 e. The molecular formula is C19H23N3O2. The van der Waals surface area contributed by atoms with Gasteiger partial charge in [0.2, 0.25) is 0 Å². The predicted molar refractivity (Wildman–Crippen MR) is 96.1 cm³/mol. The maximum Gasteiger partial charge on any atom is 0.312 e. The normalized spacial score (nSPS) is 10.5. The summed E-state index contributed by atoms with van der Waals surface area (Å²) in [5.74, 6) is 0.378. The minimum atomic E-state index is -0.570. The van der Waals surface area contributed by atoms with E-state index in [1.807, 2.05) is 24.3 Å². The van der Waals surface area contributed by atoms with Gasteiger partial charge in [0.15, 0.2) is 0 Å². The third kappa shape index (κ3) is 4.35. The highest BCUT2D eigenvalue weighted by atomic mass is 16.2. The van der Waals surface area contributed by atoms with Crippen LogP contribution in [0.15, 0.2) is 48.5 Å². The van der Waals surface area contributed by atoms with Gasteiger partial charge in [0.1, 0.15) is 0 Å². The van der Waals surface area contributed by atoms with E-state index in [1.54, 1.807) is 36.2 Å². The van der Waals surface area contributed by atoms with Crippen LogP contribution in [0, 0.1) is 0 Å². The van der Waals surface area contributed by atoms with Crippen molar-refractivity contribution < 1.29 is 9.59 Å². The Morgan fingerprint density at radius 1 is 1.04 bits per heavy atom. The summed E-state index contributed by atoms with van der Waals surface area (Å²) in [6.45, 7) is 4.62. The van der Waals surface area contributed by atoms with Crippen LogP contribution in [0.5, 0.6) is 0 Å². The van der Waals surface area contributed by atoms with Gasteiger partial charge in [-0.15, -0.1) is 0 Å². The Kier molecular flexibility index (Phi) is 5.58. The van der Waals surface area contributed by atoms with Crippen molar-refractivity contribution in [1.29, 1.82) is 0 Å². The van der Waals surface area contributed by atoms with E-state index in [0.29, 0.717) is 18.0 Å². The second-order valence-corrected chi connectivity index (χ2v) is 6.03. The number of amides is 3. The number of nitrogens with two attached hydrogens (primary N) is 1. The highest BCUT2D eigenvalue weighted by molar-refractivity contribution is 6.05. The number of benzene rings is 2. The van der Waals surface area contributed by atoms with E-state index in [9.17, 15) is 9.59 Å². The molecule has 24 heavy (non-hydrogen) atoms. The second-order valence-electron chi connectivity index (χ2n) is 6.03. The number of carbonyl (C=O) groups excluding carboxylic acids is 2. The number of urea groups is 1. The van der Waals surface area contributed by atoms with Gasteiger partial charge in [-0.3, -0.25) is 4.79 Å². The molecule has 2 aromatic carbocycles. The largest absolute Gasteiger partial charge is 0.352 e. The summed E-state index contributed by atoms with van der Waals surface area (Å²) in [7, 11) is 1.76. The molecule has 0 unspecified atom stereocenters. The first kappa shape index (κ1) is 17.5. The molecule has 0 aliphatic carbocycles. The van der Waals surface area contributed by atoms with Crippen LogP contribution in [0.4, 0.5) is 10.5 Å². The van der Waals surface area contributed by atoms with E-state index in [4.69, 9.17) is 5.73 Å². The molecule has 5 heteroatoms. The molecule has 0 spiro atoms. The molecule has 0 aliphatic heterocycles. The van der Waals surface area contributed by atoms with Gasteiger partial charge >= 0.3 is 6.03 Å². The molecule has 0 heterocycles. The lowest BCUT2D eigenvalue weighted by Gasteiger charge is -2.18. The molecule has 0 aliphatic rings. The number of hydrogen-bond donors (Lipinski definition) is 2. The van der Waals surface area contributed by atoms with E-state index in [-0.39, 0.29) is 5.91 Å². The average molecular weight is 325 g/mol. The van der Waals surface area contributed by atoms with Gasteiger partial charge in [0.05, 0.1) is 0 Å². The summed E-state index contributed by atoms with van der Waals surface area (Å²) >= 11 is 0. The SMILES string of the molecule is CC(C)c1ccc(N(C)C(=O)c2ccc(CNC(N)=O)cc2)cc1. The summed E-state index contributed by atoms with van der Waals surface area (Å²) in [5.41, 5.74) is 8.61. The molecule has 0 aromatic heterocycles. The Hall–Kier alpha value is -2.82. The number of nitrogens with one attached hydrogen (secondary N) is 1. The van der Waals surface area contributed by atoms with Crippen LogP contribution in [-0.2, 0) is 6.54 Å². The zero-order chi connectivity index (χ0) is 17.7. The number of anilines is 1. The maximum absolute atomic E-state index is 12.6. The quantitative estimate of drug-likeness (QED) is 0.885. The lowest BCUT2D eigenvalue weighted by Crippen LogP contribution is -2.28. The van der Waals surface area contributed by atoms with Crippen molar-refractivity contribution in [3.8, 4) is 0 Å². The Labute approximate surface area is 142 Å². The molecule has 0 saturated heterocycles. The first-order chi connectivity index (χ1) is 11.4. The zero-order valence-electron chi connectivity index (χ0n) is 14.2. The van der Waals surface area contributed by atoms with Gasteiger partial charge in [-0.2, -0.15) is 0 Å². The minimum Gasteiger partial charge on any atom is -0.352 e. The standard InChI is InChI=1S/C19H23N3O2/c1-13(2)15-8-10-17(11-9-15)22(3)18(23)16-6-4-14(5-7-16)12-21-19(20)24/h4-11,13H,12H2,1-3H3,(H3,20,21,24). The summed E-state index contributed by atoms with van der Waals surface area (Å²) in [6.07, 6.45) is 0. The average Bonchev–Trinajstić information content (AvgIpc) is 2.59. The van der Waals surface area contributed by atoms with Crippen molar-refractivity contribution >= 4 is 17.6 Å². The Bertz CT molecular complexity index is 706. The fourth-order valence-corrected chi connectivity index (χ4v) is 2.35. The highest BCUT2D eigenvalue weighted by Crippen LogP contribution is 2.20. The molecule has 3 amide bonds. The van der Waals surface area contributed by atoms with Crippen molar-refractivity contribution in [2.75, 3.05) is 11.9 Å². The van der Waals surface area contributed by atoms with Gasteiger partial charge in [0.25, 0.3) is 5.91 Å². The van der Waals surface area contributed by atoms with Gasteiger partial charge in [0, 0.05) is 24.8 Å². The Morgan fingerprint density at radius 3 is 2.12 bits per heavy atom. The Morgan fingerprint density at radius 2 is 1.62 bits per heavy atom. The van der Waals surface area contributed by atoms with Crippen LogP contribution in [0.2, 0.25) is 0 Å². The maximum atomic E-state index is 12.6. The van der Waals surface area contributed by atoms with Crippen LogP contribution < -0.4 is 16.0 Å². The summed E-state index contributed by atoms with van der Waals surface area (Å²) < 4.78 is 0. The van der Waals surface area contributed by atoms with Gasteiger partial charge in [-0.05, 0) is 41.3 Å². The number of hydrogen-bond acceptors (Lipinski definition) is 2. The van der Waals surface area contributed by atoms with Crippen LogP contribution in [0.1, 0.15) is 41.3 Å². The molecule has 3 N–H and O–H groups in total. The third-order valence-corrected chi connectivity index (χ3v) is 3.92. The second kappa shape index (κ2) is 7.64. The lowest BCUT2D eigenvalue weighted by atomic mass is 10.0. The summed E-state index contributed by atoms with van der Waals surface area (Å²) in [6, 6.07) is 14.5. The van der Waals surface area contributed by atoms with Crippen molar-refractivity contribution in [2.45, 2.75) is 26.3 Å². The molecule has 0 atom stereocenters. The van der Waals surface area contributed by atoms with Crippen LogP contribution in [0.3, 0.4) is 0 Å². The monoisotopic (exact) mass is 325 g/mol. The van der Waals surface area contributed by atoms with Crippen molar-refractivity contribution in [1.82, 2.24) is 5.32 Å². The lowest BCUT2D eigenvalue weighted by molar-refractivity contribution is 0.0993. The van der Waals surface area contributed by atoms with Gasteiger partial charge in [-0.1, -0.05) is 38.1 Å². The molecule has 0 saturated carbocycles. The predicted octanol–water partition coefficient (Wildman–Crippen LogP) is 3.25. The first-order valence-electron chi connectivity index (χ1n) is 7.88. The van der Waals surface area contributed by atoms with E-state index in [2.05, 4.69) is 19.2 Å². The van der Waals surface area contributed by atoms with Crippen LogP contribution >= 0.6 is 0 Å². The number of carbonyl (C=O) groups is 2. The minimum absolute atomic E-state index is 0.0818. The summed E-state index contributed by atoms with van der Waals surface area (Å²) in [4.78, 5) is 24.9. The zero-order valence-corrected chi connectivity index (χ0v) is 14.2. The van der Waals surface area contributed by atoms with Crippen molar-refractivity contribution in [3.05, 3.63) is 65.2 Å². The fourth-order valence-electron chi connectivity index (χ4n) is 2.35. The number of nitrogens with zero attached hydrogens (tertiary/aromatic N) is 1. The number of primary amides is 1. The molecule has 2 aromatic rings. The topological polar surface area (TPSA) is 75.4 Å². The van der Waals surface area contributed by atoms with E-state index >= 15 is 0 Å². The highest BCUT2D eigenvalue weighted by Gasteiger charge is 2.13. The molecule has 0 fully saturated rings. The molecule has 0 bridgehead atoms. The van der Waals surface area contributed by atoms with Gasteiger partial charge in [-0.25, -0.2) is 4.79 Å². The van der Waals surface area contributed by atoms with Crippen LogP contribution in [-0.4, -0.2) is 19.0 Å². The molecular weight excluding hydrogens is 302 g/mol. The molecule has 126 valence electrons. The molecule has 2 rings (SSSR count). The van der Waals surface area contributed by atoms with Crippen molar-refractivity contribution in [2.24, 2.45) is 5.73 Å². The summed E-state index contributed by atoms with van der Waals surface area (Å²) in [5, 5.41) is 2.52. The van der Waals surface area contributed by atoms with Crippen molar-refractivity contribution in [3.63, 3.8) is 0 Å². The Balaban J connectivity index is 2.08. The molecule has 5 nitrogen and oxygen atoms in total. The van der Waals surface area contributed by atoms with E-state index < -0.39 is 6.03 Å². The number of rotatable bonds is 5. The van der Waals surface area contributed by atoms with E-state index in [0.717, 1.165) is 11.3 Å². The third-order valence-electron chi connectivity index (χ3n) is 3.92. The first-order valence-corrected chi connectivity index (χ1v) is 7.88. The molecule has 0 radical (unpaired) electrons. The van der Waals surface area contributed by atoms with E-state index in [1.165, 1.54) is 5.56 Å². The van der Waals surface area contributed by atoms with Crippen LogP contribution in [0.25, 0.3) is 0 Å². The fraction of sp³-hybridized carbons (Fsp3) is 0.263. The van der Waals surface area contributed by atoms with Gasteiger partial charge < -0.3 is 16.0 Å².